The van der Waals surface area contributed by atoms with Gasteiger partial charge in [-0.15, -0.1) is 11.6 Å². The van der Waals surface area contributed by atoms with Crippen LogP contribution < -0.4 is 4.90 Å². The summed E-state index contributed by atoms with van der Waals surface area (Å²) in [5.41, 5.74) is 2.52. The van der Waals surface area contributed by atoms with Gasteiger partial charge >= 0.3 is 0 Å². The van der Waals surface area contributed by atoms with Crippen LogP contribution in [0.5, 0.6) is 0 Å². The van der Waals surface area contributed by atoms with E-state index in [2.05, 4.69) is 39.0 Å². The maximum Gasteiger partial charge on any atom is 0.0494 e. The number of thioether (sulfide) groups is 1. The second kappa shape index (κ2) is 5.46. The summed E-state index contributed by atoms with van der Waals surface area (Å²) < 4.78 is 1.13. The summed E-state index contributed by atoms with van der Waals surface area (Å²) in [7, 11) is 0. The van der Waals surface area contributed by atoms with Crippen LogP contribution in [0.4, 0.5) is 5.69 Å². The maximum absolute atomic E-state index is 5.96. The smallest absolute Gasteiger partial charge is 0.0494 e. The molecule has 0 radical (unpaired) electrons. The number of benzene rings is 1. The SMILES string of the molecule is ClCc1ccc(Br)cc1N1CCSCC1. The van der Waals surface area contributed by atoms with Crippen LogP contribution in [-0.4, -0.2) is 24.6 Å². The number of hydrogen-bond donors (Lipinski definition) is 0. The Morgan fingerprint density at radius 1 is 1.33 bits per heavy atom. The van der Waals surface area contributed by atoms with Crippen molar-refractivity contribution in [2.24, 2.45) is 0 Å². The zero-order valence-electron chi connectivity index (χ0n) is 8.38. The molecule has 1 aromatic carbocycles. The minimum Gasteiger partial charge on any atom is -0.370 e. The molecule has 1 aromatic rings. The van der Waals surface area contributed by atoms with Crippen molar-refractivity contribution in [1.82, 2.24) is 0 Å². The lowest BCUT2D eigenvalue weighted by molar-refractivity contribution is 0.853. The third-order valence-corrected chi connectivity index (χ3v) is 4.27. The van der Waals surface area contributed by atoms with Gasteiger partial charge in [0.15, 0.2) is 0 Å². The van der Waals surface area contributed by atoms with Crippen molar-refractivity contribution in [1.29, 1.82) is 0 Å². The Hall–Kier alpha value is 0.140. The van der Waals surface area contributed by atoms with Crippen LogP contribution in [0.1, 0.15) is 5.56 Å². The molecule has 1 heterocycles. The Morgan fingerprint density at radius 3 is 2.73 bits per heavy atom. The minimum atomic E-state index is 0.590. The molecule has 0 unspecified atom stereocenters. The molecular formula is C11H13BrClNS. The molecule has 2 rings (SSSR count). The van der Waals surface area contributed by atoms with Crippen molar-refractivity contribution >= 4 is 45.0 Å². The van der Waals surface area contributed by atoms with Gasteiger partial charge in [0.05, 0.1) is 0 Å². The lowest BCUT2D eigenvalue weighted by Gasteiger charge is -2.30. The van der Waals surface area contributed by atoms with Gasteiger partial charge in [0.2, 0.25) is 0 Å². The highest BCUT2D eigenvalue weighted by Gasteiger charge is 2.14. The Bertz CT molecular complexity index is 339. The molecule has 0 spiro atoms. The van der Waals surface area contributed by atoms with Crippen molar-refractivity contribution in [3.8, 4) is 0 Å². The molecule has 0 N–H and O–H groups in total. The van der Waals surface area contributed by atoms with E-state index in [0.717, 1.165) is 17.6 Å². The number of nitrogens with zero attached hydrogens (tertiary/aromatic N) is 1. The Labute approximate surface area is 108 Å². The second-order valence-electron chi connectivity index (χ2n) is 3.51. The van der Waals surface area contributed by atoms with Crippen molar-refractivity contribution in [2.75, 3.05) is 29.5 Å². The van der Waals surface area contributed by atoms with Crippen LogP contribution in [0.15, 0.2) is 22.7 Å². The standard InChI is InChI=1S/C11H13BrClNS/c12-10-2-1-9(8-13)11(7-10)14-3-5-15-6-4-14/h1-2,7H,3-6,8H2. The number of rotatable bonds is 2. The molecule has 15 heavy (non-hydrogen) atoms. The van der Waals surface area contributed by atoms with Gasteiger partial charge < -0.3 is 4.90 Å². The number of hydrogen-bond acceptors (Lipinski definition) is 2. The molecule has 0 atom stereocenters. The van der Waals surface area contributed by atoms with Gasteiger partial charge in [0, 0.05) is 40.6 Å². The fourth-order valence-electron chi connectivity index (χ4n) is 1.75. The van der Waals surface area contributed by atoms with Crippen LogP contribution in [-0.2, 0) is 5.88 Å². The van der Waals surface area contributed by atoms with Crippen LogP contribution in [0.2, 0.25) is 0 Å². The molecule has 0 aromatic heterocycles. The maximum atomic E-state index is 5.96. The summed E-state index contributed by atoms with van der Waals surface area (Å²) in [6, 6.07) is 6.34. The van der Waals surface area contributed by atoms with Gasteiger partial charge in [0.25, 0.3) is 0 Å². The Morgan fingerprint density at radius 2 is 2.07 bits per heavy atom. The van der Waals surface area contributed by atoms with E-state index in [1.165, 1.54) is 22.8 Å². The predicted molar refractivity (Wildman–Crippen MR) is 73.2 cm³/mol. The molecule has 1 fully saturated rings. The molecule has 82 valence electrons. The molecule has 0 saturated carbocycles. The van der Waals surface area contributed by atoms with Crippen LogP contribution in [0.25, 0.3) is 0 Å². The molecule has 0 amide bonds. The minimum absolute atomic E-state index is 0.590. The van der Waals surface area contributed by atoms with Gasteiger partial charge in [-0.2, -0.15) is 11.8 Å². The molecule has 4 heteroatoms. The average Bonchev–Trinajstić information content (AvgIpc) is 2.30. The van der Waals surface area contributed by atoms with E-state index in [0.29, 0.717) is 5.88 Å². The largest absolute Gasteiger partial charge is 0.370 e. The molecule has 1 nitrogen and oxygen atoms in total. The lowest BCUT2D eigenvalue weighted by atomic mass is 10.2. The van der Waals surface area contributed by atoms with E-state index in [1.807, 2.05) is 11.8 Å². The highest BCUT2D eigenvalue weighted by atomic mass is 79.9. The van der Waals surface area contributed by atoms with Crippen LogP contribution in [0.3, 0.4) is 0 Å². The fraction of sp³-hybridized carbons (Fsp3) is 0.455. The number of alkyl halides is 1. The second-order valence-corrected chi connectivity index (χ2v) is 5.91. The quantitative estimate of drug-likeness (QED) is 0.766. The molecule has 0 aliphatic carbocycles. The first-order chi connectivity index (χ1) is 7.31. The van der Waals surface area contributed by atoms with Gasteiger partial charge in [-0.25, -0.2) is 0 Å². The normalized spacial score (nSPS) is 16.8. The van der Waals surface area contributed by atoms with Crippen molar-refractivity contribution in [2.45, 2.75) is 5.88 Å². The molecule has 1 saturated heterocycles. The van der Waals surface area contributed by atoms with Crippen molar-refractivity contribution < 1.29 is 0 Å². The highest BCUT2D eigenvalue weighted by Crippen LogP contribution is 2.28. The van der Waals surface area contributed by atoms with Gasteiger partial charge in [0.1, 0.15) is 0 Å². The first-order valence-corrected chi connectivity index (χ1v) is 7.46. The van der Waals surface area contributed by atoms with E-state index in [1.54, 1.807) is 0 Å². The van der Waals surface area contributed by atoms with Crippen LogP contribution in [0, 0.1) is 0 Å². The Kier molecular flexibility index (Phi) is 4.23. The Balaban J connectivity index is 2.27. The van der Waals surface area contributed by atoms with E-state index in [-0.39, 0.29) is 0 Å². The summed E-state index contributed by atoms with van der Waals surface area (Å²) in [4.78, 5) is 2.43. The van der Waals surface area contributed by atoms with Crippen molar-refractivity contribution in [3.63, 3.8) is 0 Å². The zero-order valence-corrected chi connectivity index (χ0v) is 11.5. The van der Waals surface area contributed by atoms with E-state index in [9.17, 15) is 0 Å². The first kappa shape index (κ1) is 11.6. The third-order valence-electron chi connectivity index (χ3n) is 2.54. The molecule has 1 aliphatic heterocycles. The molecule has 1 aliphatic rings. The summed E-state index contributed by atoms with van der Waals surface area (Å²) in [6.45, 7) is 2.26. The first-order valence-electron chi connectivity index (χ1n) is 4.98. The lowest BCUT2D eigenvalue weighted by Crippen LogP contribution is -2.33. The fourth-order valence-corrected chi connectivity index (χ4v) is 3.23. The van der Waals surface area contributed by atoms with E-state index in [4.69, 9.17) is 11.6 Å². The zero-order chi connectivity index (χ0) is 10.7. The van der Waals surface area contributed by atoms with Gasteiger partial charge in [-0.3, -0.25) is 0 Å². The average molecular weight is 307 g/mol. The molecule has 0 bridgehead atoms. The predicted octanol–water partition coefficient (Wildman–Crippen LogP) is 3.74. The number of anilines is 1. The van der Waals surface area contributed by atoms with E-state index < -0.39 is 0 Å². The highest BCUT2D eigenvalue weighted by molar-refractivity contribution is 9.10. The molecular weight excluding hydrogens is 294 g/mol. The van der Waals surface area contributed by atoms with Gasteiger partial charge in [-0.1, -0.05) is 22.0 Å². The third kappa shape index (κ3) is 2.83. The summed E-state index contributed by atoms with van der Waals surface area (Å²) in [5, 5.41) is 0. The monoisotopic (exact) mass is 305 g/mol. The summed E-state index contributed by atoms with van der Waals surface area (Å²) in [5.74, 6) is 3.02. The topological polar surface area (TPSA) is 3.24 Å². The summed E-state index contributed by atoms with van der Waals surface area (Å²) >= 11 is 11.5. The van der Waals surface area contributed by atoms with Crippen molar-refractivity contribution in [3.05, 3.63) is 28.2 Å². The van der Waals surface area contributed by atoms with E-state index >= 15 is 0 Å². The van der Waals surface area contributed by atoms with Crippen LogP contribution >= 0.6 is 39.3 Å². The number of halogens is 2. The van der Waals surface area contributed by atoms with Gasteiger partial charge in [-0.05, 0) is 17.7 Å². The summed E-state index contributed by atoms with van der Waals surface area (Å²) in [6.07, 6.45) is 0.